The molecule has 136 valence electrons. The van der Waals surface area contributed by atoms with Crippen molar-refractivity contribution in [2.45, 2.75) is 6.42 Å². The van der Waals surface area contributed by atoms with Crippen LogP contribution in [0.4, 0.5) is 11.5 Å². The number of amides is 1. The highest BCUT2D eigenvalue weighted by atomic mass is 16.5. The minimum absolute atomic E-state index is 0.0252. The van der Waals surface area contributed by atoms with Gasteiger partial charge in [-0.1, -0.05) is 42.5 Å². The van der Waals surface area contributed by atoms with Gasteiger partial charge in [0.25, 0.3) is 5.91 Å². The van der Waals surface area contributed by atoms with Gasteiger partial charge in [0.2, 0.25) is 0 Å². The van der Waals surface area contributed by atoms with Crippen molar-refractivity contribution >= 4 is 28.2 Å². The van der Waals surface area contributed by atoms with E-state index >= 15 is 0 Å². The van der Waals surface area contributed by atoms with Crippen LogP contribution in [0.2, 0.25) is 0 Å². The molecule has 0 unspecified atom stereocenters. The molecule has 27 heavy (non-hydrogen) atoms. The summed E-state index contributed by atoms with van der Waals surface area (Å²) in [6, 6.07) is 16.2. The Morgan fingerprint density at radius 2 is 1.67 bits per heavy atom. The Morgan fingerprint density at radius 1 is 0.926 bits per heavy atom. The zero-order valence-corrected chi connectivity index (χ0v) is 15.1. The smallest absolute Gasteiger partial charge is 0.260 e. The largest absolute Gasteiger partial charge is 0.378 e. The number of anilines is 2. The highest BCUT2D eigenvalue weighted by Crippen LogP contribution is 2.32. The summed E-state index contributed by atoms with van der Waals surface area (Å²) in [4.78, 5) is 22.2. The van der Waals surface area contributed by atoms with E-state index in [0.717, 1.165) is 48.3 Å². The van der Waals surface area contributed by atoms with Gasteiger partial charge >= 0.3 is 0 Å². The summed E-state index contributed by atoms with van der Waals surface area (Å²) >= 11 is 0. The number of rotatable bonds is 2. The van der Waals surface area contributed by atoms with Gasteiger partial charge in [0.15, 0.2) is 0 Å². The van der Waals surface area contributed by atoms with Gasteiger partial charge in [0, 0.05) is 36.9 Å². The number of pyridine rings is 1. The molecule has 1 saturated heterocycles. The number of hydrogen-bond acceptors (Lipinski definition) is 4. The molecule has 5 rings (SSSR count). The van der Waals surface area contributed by atoms with E-state index in [1.807, 2.05) is 41.3 Å². The van der Waals surface area contributed by atoms with Crippen LogP contribution in [-0.2, 0) is 11.2 Å². The van der Waals surface area contributed by atoms with Crippen molar-refractivity contribution in [2.75, 3.05) is 42.6 Å². The molecule has 2 aliphatic rings. The van der Waals surface area contributed by atoms with Crippen LogP contribution in [0.15, 0.2) is 54.7 Å². The molecule has 0 radical (unpaired) electrons. The van der Waals surface area contributed by atoms with Gasteiger partial charge < -0.3 is 14.5 Å². The minimum atomic E-state index is 0.0252. The maximum atomic E-state index is 13.4. The van der Waals surface area contributed by atoms with Crippen LogP contribution < -0.4 is 9.80 Å². The molecule has 0 N–H and O–H groups in total. The molecule has 3 aromatic rings. The summed E-state index contributed by atoms with van der Waals surface area (Å²) in [5.74, 6) is 0.962. The third-order valence-corrected chi connectivity index (χ3v) is 5.45. The first-order valence-corrected chi connectivity index (χ1v) is 9.43. The quantitative estimate of drug-likeness (QED) is 0.704. The third kappa shape index (κ3) is 2.75. The Kier molecular flexibility index (Phi) is 4.02. The molecule has 3 heterocycles. The summed E-state index contributed by atoms with van der Waals surface area (Å²) in [5, 5.41) is 1.99. The fourth-order valence-electron chi connectivity index (χ4n) is 4.07. The second-order valence-corrected chi connectivity index (χ2v) is 6.98. The van der Waals surface area contributed by atoms with Gasteiger partial charge in [0.05, 0.1) is 18.8 Å². The van der Waals surface area contributed by atoms with E-state index in [1.54, 1.807) is 6.20 Å². The first kappa shape index (κ1) is 16.3. The van der Waals surface area contributed by atoms with Crippen molar-refractivity contribution < 1.29 is 9.53 Å². The van der Waals surface area contributed by atoms with Crippen LogP contribution in [0.25, 0.3) is 10.8 Å². The average molecular weight is 359 g/mol. The molecule has 2 aromatic carbocycles. The molecule has 0 aliphatic carbocycles. The molecule has 5 nitrogen and oxygen atoms in total. The van der Waals surface area contributed by atoms with Crippen molar-refractivity contribution in [3.8, 4) is 0 Å². The lowest BCUT2D eigenvalue weighted by molar-refractivity contribution is 0.0990. The van der Waals surface area contributed by atoms with E-state index in [-0.39, 0.29) is 5.91 Å². The summed E-state index contributed by atoms with van der Waals surface area (Å²) in [6.45, 7) is 3.79. The van der Waals surface area contributed by atoms with Crippen LogP contribution in [0.5, 0.6) is 0 Å². The summed E-state index contributed by atoms with van der Waals surface area (Å²) in [6.07, 6.45) is 2.65. The van der Waals surface area contributed by atoms with Crippen LogP contribution in [-0.4, -0.2) is 43.7 Å². The maximum Gasteiger partial charge on any atom is 0.260 e. The first-order valence-electron chi connectivity index (χ1n) is 9.43. The van der Waals surface area contributed by atoms with Crippen molar-refractivity contribution in [3.63, 3.8) is 0 Å². The molecule has 0 spiro atoms. The van der Waals surface area contributed by atoms with Gasteiger partial charge in [-0.2, -0.15) is 0 Å². The molecule has 1 aromatic heterocycles. The lowest BCUT2D eigenvalue weighted by atomic mass is 10.1. The van der Waals surface area contributed by atoms with E-state index in [0.29, 0.717) is 18.8 Å². The fraction of sp³-hybridized carbons (Fsp3) is 0.273. The van der Waals surface area contributed by atoms with Crippen molar-refractivity contribution in [1.29, 1.82) is 0 Å². The Morgan fingerprint density at radius 3 is 2.52 bits per heavy atom. The van der Waals surface area contributed by atoms with Crippen LogP contribution in [0.3, 0.4) is 0 Å². The lowest BCUT2D eigenvalue weighted by Gasteiger charge is -2.29. The number of nitrogens with zero attached hydrogens (tertiary/aromatic N) is 3. The maximum absolute atomic E-state index is 13.4. The van der Waals surface area contributed by atoms with Crippen molar-refractivity contribution in [3.05, 3.63) is 65.9 Å². The first-order chi connectivity index (χ1) is 13.3. The average Bonchev–Trinajstić information content (AvgIpc) is 3.17. The molecule has 1 amide bonds. The number of benzene rings is 2. The standard InChI is InChI=1S/C22H21N3O2/c26-22(25-10-9-16-5-1-4-8-20(16)25)19-15-23-21(24-11-13-27-14-12-24)18-7-3-2-6-17(18)19/h1-8,15H,9-14H2. The van der Waals surface area contributed by atoms with Crippen molar-refractivity contribution in [1.82, 2.24) is 4.98 Å². The molecular formula is C22H21N3O2. The molecule has 0 bridgehead atoms. The Hall–Kier alpha value is -2.92. The summed E-state index contributed by atoms with van der Waals surface area (Å²) < 4.78 is 5.47. The second kappa shape index (κ2) is 6.67. The Balaban J connectivity index is 1.57. The summed E-state index contributed by atoms with van der Waals surface area (Å²) in [7, 11) is 0. The van der Waals surface area contributed by atoms with Crippen LogP contribution in [0, 0.1) is 0 Å². The molecule has 0 atom stereocenters. The number of para-hydroxylation sites is 1. The highest BCUT2D eigenvalue weighted by Gasteiger charge is 2.27. The van der Waals surface area contributed by atoms with Gasteiger partial charge in [0.1, 0.15) is 5.82 Å². The number of ether oxygens (including phenoxy) is 1. The van der Waals surface area contributed by atoms with E-state index < -0.39 is 0 Å². The topological polar surface area (TPSA) is 45.7 Å². The monoisotopic (exact) mass is 359 g/mol. The van der Waals surface area contributed by atoms with Crippen LogP contribution >= 0.6 is 0 Å². The Labute approximate surface area is 158 Å². The predicted molar refractivity (Wildman–Crippen MR) is 107 cm³/mol. The number of hydrogen-bond donors (Lipinski definition) is 0. The zero-order valence-electron chi connectivity index (χ0n) is 15.1. The molecule has 2 aliphatic heterocycles. The molecule has 1 fully saturated rings. The highest BCUT2D eigenvalue weighted by molar-refractivity contribution is 6.16. The number of carbonyl (C=O) groups is 1. The number of aromatic nitrogens is 1. The van der Waals surface area contributed by atoms with E-state index in [2.05, 4.69) is 17.0 Å². The summed E-state index contributed by atoms with van der Waals surface area (Å²) in [5.41, 5.74) is 2.91. The normalized spacial score (nSPS) is 16.6. The molecular weight excluding hydrogens is 338 g/mol. The van der Waals surface area contributed by atoms with Crippen molar-refractivity contribution in [2.24, 2.45) is 0 Å². The number of morpholine rings is 1. The van der Waals surface area contributed by atoms with Gasteiger partial charge in [-0.25, -0.2) is 4.98 Å². The lowest BCUT2D eigenvalue weighted by Crippen LogP contribution is -2.37. The molecule has 0 saturated carbocycles. The third-order valence-electron chi connectivity index (χ3n) is 5.45. The number of fused-ring (bicyclic) bond motifs is 2. The van der Waals surface area contributed by atoms with E-state index in [4.69, 9.17) is 9.72 Å². The Bertz CT molecular complexity index is 1010. The number of carbonyl (C=O) groups excluding carboxylic acids is 1. The zero-order chi connectivity index (χ0) is 18.2. The van der Waals surface area contributed by atoms with Gasteiger partial charge in [-0.15, -0.1) is 0 Å². The second-order valence-electron chi connectivity index (χ2n) is 6.98. The predicted octanol–water partition coefficient (Wildman–Crippen LogP) is 3.27. The van der Waals surface area contributed by atoms with Crippen LogP contribution in [0.1, 0.15) is 15.9 Å². The minimum Gasteiger partial charge on any atom is -0.378 e. The fourth-order valence-corrected chi connectivity index (χ4v) is 4.07. The van der Waals surface area contributed by atoms with Gasteiger partial charge in [-0.05, 0) is 23.4 Å². The van der Waals surface area contributed by atoms with E-state index in [1.165, 1.54) is 5.56 Å². The van der Waals surface area contributed by atoms with E-state index in [9.17, 15) is 4.79 Å². The van der Waals surface area contributed by atoms with Gasteiger partial charge in [-0.3, -0.25) is 4.79 Å². The molecule has 5 heteroatoms. The SMILES string of the molecule is O=C(c1cnc(N2CCOCC2)c2ccccc12)N1CCc2ccccc21.